The summed E-state index contributed by atoms with van der Waals surface area (Å²) in [6, 6.07) is 6.56. The van der Waals surface area contributed by atoms with Gasteiger partial charge in [-0.2, -0.15) is 5.10 Å². The Hall–Kier alpha value is -1.68. The Morgan fingerprint density at radius 1 is 1.28 bits per heavy atom. The van der Waals surface area contributed by atoms with Crippen LogP contribution in [0.3, 0.4) is 0 Å². The zero-order valence-electron chi connectivity index (χ0n) is 11.3. The molecule has 0 aliphatic rings. The van der Waals surface area contributed by atoms with Gasteiger partial charge in [0.15, 0.2) is 5.82 Å². The first kappa shape index (κ1) is 12.8. The van der Waals surface area contributed by atoms with Gasteiger partial charge in [0.1, 0.15) is 6.33 Å². The smallest absolute Gasteiger partial charge is 0.151 e. The highest BCUT2D eigenvalue weighted by Crippen LogP contribution is 2.10. The van der Waals surface area contributed by atoms with Crippen LogP contribution in [0.15, 0.2) is 24.5 Å². The highest BCUT2D eigenvalue weighted by atomic mass is 15.3. The third-order valence-electron chi connectivity index (χ3n) is 2.99. The van der Waals surface area contributed by atoms with Crippen molar-refractivity contribution in [3.05, 3.63) is 47.0 Å². The van der Waals surface area contributed by atoms with Crippen molar-refractivity contribution in [3.8, 4) is 0 Å². The number of hydrogen-bond acceptors (Lipinski definition) is 3. The minimum Gasteiger partial charge on any atom is -0.312 e. The Balaban J connectivity index is 1.80. The minimum absolute atomic E-state index is 0.867. The molecular weight excluding hydrogens is 224 g/mol. The number of nitrogens with one attached hydrogen (secondary N) is 1. The van der Waals surface area contributed by atoms with Gasteiger partial charge < -0.3 is 5.32 Å². The first-order chi connectivity index (χ1) is 8.65. The number of aryl methyl sites for hydroxylation is 3. The van der Waals surface area contributed by atoms with Gasteiger partial charge in [-0.3, -0.25) is 4.68 Å². The van der Waals surface area contributed by atoms with Crippen molar-refractivity contribution in [1.82, 2.24) is 20.1 Å². The van der Waals surface area contributed by atoms with Crippen LogP contribution >= 0.6 is 0 Å². The van der Waals surface area contributed by atoms with E-state index in [1.807, 2.05) is 7.05 Å². The van der Waals surface area contributed by atoms with Crippen LogP contribution in [0.25, 0.3) is 0 Å². The molecule has 0 bridgehead atoms. The summed E-state index contributed by atoms with van der Waals surface area (Å²) in [5, 5.41) is 7.69. The van der Waals surface area contributed by atoms with Crippen LogP contribution in [0.4, 0.5) is 0 Å². The maximum atomic E-state index is 4.25. The average Bonchev–Trinajstić information content (AvgIpc) is 2.75. The standard InChI is InChI=1S/C14H20N4/c1-11-4-5-12(2)13(8-11)9-15-7-6-14-16-10-18(3)17-14/h4-5,8,10,15H,6-7,9H2,1-3H3. The molecule has 0 amide bonds. The van der Waals surface area contributed by atoms with Crippen molar-refractivity contribution in [2.75, 3.05) is 6.54 Å². The Morgan fingerprint density at radius 2 is 2.11 bits per heavy atom. The Kier molecular flexibility index (Phi) is 4.10. The van der Waals surface area contributed by atoms with E-state index in [4.69, 9.17) is 0 Å². The maximum absolute atomic E-state index is 4.25. The molecular formula is C14H20N4. The predicted molar refractivity (Wildman–Crippen MR) is 72.3 cm³/mol. The molecule has 2 aromatic rings. The van der Waals surface area contributed by atoms with Gasteiger partial charge in [0.05, 0.1) is 0 Å². The molecule has 2 rings (SSSR count). The van der Waals surface area contributed by atoms with E-state index in [1.54, 1.807) is 11.0 Å². The van der Waals surface area contributed by atoms with Crippen molar-refractivity contribution in [2.45, 2.75) is 26.8 Å². The molecule has 0 fully saturated rings. The fourth-order valence-corrected chi connectivity index (χ4v) is 1.91. The van der Waals surface area contributed by atoms with Gasteiger partial charge in [-0.25, -0.2) is 4.98 Å². The molecule has 0 radical (unpaired) electrons. The molecule has 18 heavy (non-hydrogen) atoms. The van der Waals surface area contributed by atoms with Crippen molar-refractivity contribution >= 4 is 0 Å². The summed E-state index contributed by atoms with van der Waals surface area (Å²) in [7, 11) is 1.89. The quantitative estimate of drug-likeness (QED) is 0.815. The molecule has 4 nitrogen and oxygen atoms in total. The zero-order chi connectivity index (χ0) is 13.0. The van der Waals surface area contributed by atoms with E-state index >= 15 is 0 Å². The highest BCUT2D eigenvalue weighted by molar-refractivity contribution is 5.30. The van der Waals surface area contributed by atoms with E-state index < -0.39 is 0 Å². The van der Waals surface area contributed by atoms with Gasteiger partial charge in [-0.05, 0) is 25.0 Å². The van der Waals surface area contributed by atoms with Crippen molar-refractivity contribution in [1.29, 1.82) is 0 Å². The first-order valence-corrected chi connectivity index (χ1v) is 6.26. The molecule has 4 heteroatoms. The van der Waals surface area contributed by atoms with Crippen LogP contribution in [-0.2, 0) is 20.0 Å². The summed E-state index contributed by atoms with van der Waals surface area (Å²) in [5.41, 5.74) is 4.01. The first-order valence-electron chi connectivity index (χ1n) is 6.26. The van der Waals surface area contributed by atoms with Crippen molar-refractivity contribution in [2.24, 2.45) is 7.05 Å². The molecule has 1 aromatic carbocycles. The fourth-order valence-electron chi connectivity index (χ4n) is 1.91. The van der Waals surface area contributed by atoms with E-state index in [0.29, 0.717) is 0 Å². The minimum atomic E-state index is 0.867. The van der Waals surface area contributed by atoms with Crippen molar-refractivity contribution in [3.63, 3.8) is 0 Å². The lowest BCUT2D eigenvalue weighted by atomic mass is 10.1. The Bertz CT molecular complexity index is 516. The summed E-state index contributed by atoms with van der Waals surface area (Å²) in [6.45, 7) is 6.08. The fraction of sp³-hybridized carbons (Fsp3) is 0.429. The second kappa shape index (κ2) is 5.78. The van der Waals surface area contributed by atoms with Gasteiger partial charge >= 0.3 is 0 Å². The summed E-state index contributed by atoms with van der Waals surface area (Å²) >= 11 is 0. The molecule has 0 saturated carbocycles. The molecule has 0 spiro atoms. The van der Waals surface area contributed by atoms with Gasteiger partial charge in [-0.1, -0.05) is 23.8 Å². The van der Waals surface area contributed by atoms with Crippen molar-refractivity contribution < 1.29 is 0 Å². The average molecular weight is 244 g/mol. The summed E-state index contributed by atoms with van der Waals surface area (Å²) < 4.78 is 1.74. The normalized spacial score (nSPS) is 10.8. The van der Waals surface area contributed by atoms with Gasteiger partial charge in [0.2, 0.25) is 0 Å². The Labute approximate surface area is 108 Å². The summed E-state index contributed by atoms with van der Waals surface area (Å²) in [4.78, 5) is 4.20. The molecule has 0 atom stereocenters. The SMILES string of the molecule is Cc1ccc(C)c(CNCCc2ncn(C)n2)c1. The number of nitrogens with zero attached hydrogens (tertiary/aromatic N) is 3. The van der Waals surface area contributed by atoms with E-state index in [-0.39, 0.29) is 0 Å². The number of hydrogen-bond donors (Lipinski definition) is 1. The number of benzene rings is 1. The van der Waals surface area contributed by atoms with Crippen LogP contribution in [0.1, 0.15) is 22.5 Å². The van der Waals surface area contributed by atoms with Crippen LogP contribution in [0.5, 0.6) is 0 Å². The second-order valence-electron chi connectivity index (χ2n) is 4.69. The molecule has 0 aliphatic carbocycles. The molecule has 0 saturated heterocycles. The monoisotopic (exact) mass is 244 g/mol. The highest BCUT2D eigenvalue weighted by Gasteiger charge is 2.00. The zero-order valence-corrected chi connectivity index (χ0v) is 11.3. The molecule has 0 unspecified atom stereocenters. The molecule has 1 aromatic heterocycles. The number of rotatable bonds is 5. The summed E-state index contributed by atoms with van der Waals surface area (Å²) in [5.74, 6) is 0.894. The van der Waals surface area contributed by atoms with Crippen LogP contribution in [0, 0.1) is 13.8 Å². The number of aromatic nitrogens is 3. The van der Waals surface area contributed by atoms with Gasteiger partial charge in [0, 0.05) is 26.6 Å². The maximum Gasteiger partial charge on any atom is 0.151 e. The third-order valence-corrected chi connectivity index (χ3v) is 2.99. The second-order valence-corrected chi connectivity index (χ2v) is 4.69. The lowest BCUT2D eigenvalue weighted by molar-refractivity contribution is 0.659. The lowest BCUT2D eigenvalue weighted by Gasteiger charge is -2.08. The van der Waals surface area contributed by atoms with Gasteiger partial charge in [-0.15, -0.1) is 0 Å². The van der Waals surface area contributed by atoms with Crippen LogP contribution in [0.2, 0.25) is 0 Å². The molecule has 0 aliphatic heterocycles. The van der Waals surface area contributed by atoms with E-state index in [0.717, 1.165) is 25.3 Å². The third kappa shape index (κ3) is 3.40. The van der Waals surface area contributed by atoms with Crippen LogP contribution in [-0.4, -0.2) is 21.3 Å². The summed E-state index contributed by atoms with van der Waals surface area (Å²) in [6.07, 6.45) is 2.60. The van der Waals surface area contributed by atoms with E-state index in [1.165, 1.54) is 16.7 Å². The lowest BCUT2D eigenvalue weighted by Crippen LogP contribution is -2.18. The van der Waals surface area contributed by atoms with Crippen LogP contribution < -0.4 is 5.32 Å². The van der Waals surface area contributed by atoms with Gasteiger partial charge in [0.25, 0.3) is 0 Å². The van der Waals surface area contributed by atoms with E-state index in [9.17, 15) is 0 Å². The molecule has 1 heterocycles. The molecule has 96 valence electrons. The predicted octanol–water partition coefficient (Wildman–Crippen LogP) is 1.76. The van der Waals surface area contributed by atoms with E-state index in [2.05, 4.69) is 47.4 Å². The molecule has 1 N–H and O–H groups in total. The Morgan fingerprint density at radius 3 is 2.83 bits per heavy atom. The largest absolute Gasteiger partial charge is 0.312 e. The topological polar surface area (TPSA) is 42.7 Å².